The summed E-state index contributed by atoms with van der Waals surface area (Å²) in [5, 5.41) is 4.44. The van der Waals surface area contributed by atoms with Gasteiger partial charge in [0.1, 0.15) is 36.7 Å². The molecule has 3 aliphatic rings. The van der Waals surface area contributed by atoms with Crippen LogP contribution in [0.5, 0.6) is 11.5 Å². The van der Waals surface area contributed by atoms with Crippen LogP contribution in [0.4, 0.5) is 17.1 Å². The number of ether oxygens (including phenoxy) is 1. The Hall–Kier alpha value is -3.80. The molecule has 0 fully saturated rings. The minimum absolute atomic E-state index is 0.0113. The molecule has 2 aromatic carbocycles. The first-order valence-corrected chi connectivity index (χ1v) is 14.4. The van der Waals surface area contributed by atoms with Crippen LogP contribution in [0, 0.1) is 0 Å². The fraction of sp³-hybridized carbons (Fsp3) is 0.0909. The highest BCUT2D eigenvalue weighted by Crippen LogP contribution is 2.53. The first-order valence-electron chi connectivity index (χ1n) is 10.7. The number of carbonyl (C=O) groups excluding carboxylic acids is 2. The van der Waals surface area contributed by atoms with E-state index in [1.165, 1.54) is 0 Å². The van der Waals surface area contributed by atoms with Gasteiger partial charge in [0.25, 0.3) is 20.2 Å². The molecule has 0 aromatic heterocycles. The summed E-state index contributed by atoms with van der Waals surface area (Å²) < 4.78 is 78.8. The Morgan fingerprint density at radius 2 is 1.68 bits per heavy atom. The van der Waals surface area contributed by atoms with Crippen molar-refractivity contribution in [2.75, 3.05) is 10.6 Å². The molecule has 2 amide bonds. The standard InChI is InChI=1S/C22H14Cl2N4O10S2/c1-7(29)25-11-3-13-9(5-15(11)39(31,32)33)27-19-18(24)22-20(17(23)21(19)37-13)28-10-6-16(40(34,35)36)12(26-8(2)30)4-14(10)38-22/h3-6,27H,1-2H3,(H,25,29)(H,31,32,33)(H,34,35,36). The van der Waals surface area contributed by atoms with Crippen molar-refractivity contribution in [3.63, 3.8) is 0 Å². The van der Waals surface area contributed by atoms with Crippen molar-refractivity contribution in [1.82, 2.24) is 4.98 Å². The zero-order chi connectivity index (χ0) is 29.3. The molecule has 0 saturated carbocycles. The normalized spacial score (nSPS) is 13.4. The van der Waals surface area contributed by atoms with Crippen molar-refractivity contribution in [1.29, 1.82) is 0 Å². The van der Waals surface area contributed by atoms with Crippen molar-refractivity contribution >= 4 is 83.4 Å². The fourth-order valence-corrected chi connectivity index (χ4v) is 5.73. The molecule has 0 unspecified atom stereocenters. The van der Waals surface area contributed by atoms with Gasteiger partial charge in [-0.15, -0.1) is 0 Å². The van der Waals surface area contributed by atoms with Crippen molar-refractivity contribution in [2.45, 2.75) is 23.6 Å². The van der Waals surface area contributed by atoms with Crippen LogP contribution in [-0.2, 0) is 29.8 Å². The summed E-state index contributed by atoms with van der Waals surface area (Å²) in [5.41, 5.74) is -0.525. The Balaban J connectivity index is 1.77. The van der Waals surface area contributed by atoms with E-state index < -0.39 is 47.2 Å². The van der Waals surface area contributed by atoms with E-state index in [1.54, 1.807) is 0 Å². The van der Waals surface area contributed by atoms with E-state index in [0.717, 1.165) is 38.1 Å². The first-order chi connectivity index (χ1) is 18.5. The largest absolute Gasteiger partial charge is 0.451 e. The molecule has 0 bridgehead atoms. The SMILES string of the molecule is CC(=O)N=c1cc2oc3c(Cl)c4c(c(Cl)c3nc-2cc1S(=O)(=O)O)Oc1cc(NC(C)=O)c(S(=O)(=O)O)cc1N4. The van der Waals surface area contributed by atoms with Crippen LogP contribution in [-0.4, -0.2) is 42.7 Å². The van der Waals surface area contributed by atoms with Crippen LogP contribution in [0.1, 0.15) is 13.8 Å². The molecule has 2 heterocycles. The fourth-order valence-electron chi connectivity index (χ4n) is 3.92. The van der Waals surface area contributed by atoms with Crippen molar-refractivity contribution < 1.29 is 44.7 Å². The first kappa shape index (κ1) is 27.8. The van der Waals surface area contributed by atoms with E-state index in [4.69, 9.17) is 32.4 Å². The summed E-state index contributed by atoms with van der Waals surface area (Å²) in [4.78, 5) is 29.7. The second kappa shape index (κ2) is 9.39. The van der Waals surface area contributed by atoms with Crippen LogP contribution in [0.3, 0.4) is 0 Å². The number of carbonyl (C=O) groups is 2. The van der Waals surface area contributed by atoms with Gasteiger partial charge in [-0.3, -0.25) is 18.7 Å². The number of nitrogens with zero attached hydrogens (tertiary/aromatic N) is 2. The Morgan fingerprint density at radius 3 is 2.27 bits per heavy atom. The van der Waals surface area contributed by atoms with Gasteiger partial charge < -0.3 is 19.8 Å². The molecule has 208 valence electrons. The molecule has 0 radical (unpaired) electrons. The molecule has 0 atom stereocenters. The van der Waals surface area contributed by atoms with E-state index >= 15 is 0 Å². The minimum atomic E-state index is -4.83. The maximum absolute atomic E-state index is 12.0. The van der Waals surface area contributed by atoms with E-state index in [-0.39, 0.29) is 61.2 Å². The number of fused-ring (bicyclic) bond motifs is 4. The zero-order valence-corrected chi connectivity index (χ0v) is 23.1. The number of hydrogen-bond acceptors (Lipinski definition) is 10. The third-order valence-electron chi connectivity index (χ3n) is 5.45. The number of amides is 2. The van der Waals surface area contributed by atoms with E-state index in [2.05, 4.69) is 20.6 Å². The van der Waals surface area contributed by atoms with Crippen molar-refractivity contribution in [2.24, 2.45) is 4.99 Å². The predicted octanol–water partition coefficient (Wildman–Crippen LogP) is 3.99. The smallest absolute Gasteiger partial charge is 0.296 e. The molecule has 2 aliphatic heterocycles. The second-order valence-electron chi connectivity index (χ2n) is 8.35. The summed E-state index contributed by atoms with van der Waals surface area (Å²) in [6.07, 6.45) is 0. The van der Waals surface area contributed by atoms with E-state index in [9.17, 15) is 35.5 Å². The second-order valence-corrected chi connectivity index (χ2v) is 11.9. The Bertz CT molecular complexity index is 2080. The van der Waals surface area contributed by atoms with Gasteiger partial charge in [-0.05, 0) is 12.1 Å². The highest BCUT2D eigenvalue weighted by molar-refractivity contribution is 7.86. The average molecular weight is 629 g/mol. The quantitative estimate of drug-likeness (QED) is 0.165. The van der Waals surface area contributed by atoms with Gasteiger partial charge in [0.05, 0.1) is 16.7 Å². The van der Waals surface area contributed by atoms with E-state index in [1.807, 2.05) is 0 Å². The van der Waals surface area contributed by atoms with Gasteiger partial charge in [0.15, 0.2) is 22.8 Å². The summed E-state index contributed by atoms with van der Waals surface area (Å²) in [6.45, 7) is 2.21. The number of rotatable bonds is 3. The number of hydrogen-bond donors (Lipinski definition) is 4. The summed E-state index contributed by atoms with van der Waals surface area (Å²) in [6, 6.07) is 4.15. The maximum Gasteiger partial charge on any atom is 0.296 e. The van der Waals surface area contributed by atoms with Crippen molar-refractivity contribution in [3.8, 4) is 23.0 Å². The molecule has 2 aromatic rings. The topological polar surface area (TPSA) is 215 Å². The van der Waals surface area contributed by atoms with Crippen LogP contribution in [0.2, 0.25) is 10.0 Å². The summed E-state index contributed by atoms with van der Waals surface area (Å²) in [5.74, 6) is -1.55. The molecular formula is C22H14Cl2N4O10S2. The highest BCUT2D eigenvalue weighted by atomic mass is 35.5. The molecule has 18 heteroatoms. The summed E-state index contributed by atoms with van der Waals surface area (Å²) in [7, 11) is -9.61. The maximum atomic E-state index is 12.0. The summed E-state index contributed by atoms with van der Waals surface area (Å²) >= 11 is 13.2. The van der Waals surface area contributed by atoms with Gasteiger partial charge >= 0.3 is 0 Å². The lowest BCUT2D eigenvalue weighted by Gasteiger charge is -2.25. The average Bonchev–Trinajstić information content (AvgIpc) is 2.83. The Labute approximate surface area is 234 Å². The van der Waals surface area contributed by atoms with Crippen LogP contribution >= 0.6 is 23.2 Å². The monoisotopic (exact) mass is 628 g/mol. The number of nitrogens with one attached hydrogen (secondary N) is 2. The molecule has 1 aliphatic carbocycles. The molecule has 5 rings (SSSR count). The lowest BCUT2D eigenvalue weighted by atomic mass is 10.1. The number of halogens is 2. The molecule has 0 spiro atoms. The van der Waals surface area contributed by atoms with Gasteiger partial charge in [-0.1, -0.05) is 23.2 Å². The molecule has 4 N–H and O–H groups in total. The number of benzene rings is 3. The molecule has 14 nitrogen and oxygen atoms in total. The third kappa shape index (κ3) is 4.85. The van der Waals surface area contributed by atoms with Gasteiger partial charge in [0.2, 0.25) is 11.8 Å². The van der Waals surface area contributed by atoms with Crippen molar-refractivity contribution in [3.05, 3.63) is 39.7 Å². The van der Waals surface area contributed by atoms with Crippen LogP contribution < -0.4 is 20.7 Å². The van der Waals surface area contributed by atoms with Gasteiger partial charge in [-0.2, -0.15) is 16.8 Å². The molecule has 0 saturated heterocycles. The van der Waals surface area contributed by atoms with Crippen LogP contribution in [0.25, 0.3) is 22.6 Å². The zero-order valence-electron chi connectivity index (χ0n) is 19.9. The van der Waals surface area contributed by atoms with Gasteiger partial charge in [-0.25, -0.2) is 9.98 Å². The minimum Gasteiger partial charge on any atom is -0.451 e. The highest BCUT2D eigenvalue weighted by Gasteiger charge is 2.31. The Kier molecular flexibility index (Phi) is 6.52. The van der Waals surface area contributed by atoms with E-state index in [0.29, 0.717) is 0 Å². The Morgan fingerprint density at radius 1 is 1.00 bits per heavy atom. The third-order valence-corrected chi connectivity index (χ3v) is 7.94. The van der Waals surface area contributed by atoms with Gasteiger partial charge in [0, 0.05) is 26.0 Å². The molecule has 40 heavy (non-hydrogen) atoms. The number of anilines is 3. The number of aromatic nitrogens is 1. The van der Waals surface area contributed by atoms with Crippen LogP contribution in [0.15, 0.2) is 43.5 Å². The molecular weight excluding hydrogens is 615 g/mol. The predicted molar refractivity (Wildman–Crippen MR) is 141 cm³/mol. The lowest BCUT2D eigenvalue weighted by Crippen LogP contribution is -2.17. The lowest BCUT2D eigenvalue weighted by molar-refractivity contribution is -0.116.